The fourth-order valence-corrected chi connectivity index (χ4v) is 3.98. The molecule has 4 aromatic carbocycles. The van der Waals surface area contributed by atoms with Crippen molar-refractivity contribution in [3.8, 4) is 45.4 Å². The SMILES string of the molecule is Oc1ccccc1-c1nc2ccc(-c3ccc4nc(-c5ccccc5O)[nH]c4c3)cc2[nH]1. The van der Waals surface area contributed by atoms with Gasteiger partial charge in [0.2, 0.25) is 0 Å². The van der Waals surface area contributed by atoms with Crippen LogP contribution in [0.4, 0.5) is 0 Å². The van der Waals surface area contributed by atoms with Crippen LogP contribution < -0.4 is 0 Å². The fraction of sp³-hybridized carbons (Fsp3) is 0. The van der Waals surface area contributed by atoms with E-state index in [1.165, 1.54) is 0 Å². The Morgan fingerprint density at radius 2 is 0.969 bits per heavy atom. The number of hydrogen-bond donors (Lipinski definition) is 4. The third-order valence-electron chi connectivity index (χ3n) is 5.62. The Labute approximate surface area is 182 Å². The molecule has 0 atom stereocenters. The molecule has 6 rings (SSSR count). The van der Waals surface area contributed by atoms with Crippen LogP contribution in [0.2, 0.25) is 0 Å². The lowest BCUT2D eigenvalue weighted by Gasteiger charge is -2.02. The number of aromatic hydroxyl groups is 2. The molecule has 0 aliphatic carbocycles. The van der Waals surface area contributed by atoms with Crippen molar-refractivity contribution in [2.24, 2.45) is 0 Å². The van der Waals surface area contributed by atoms with Crippen molar-refractivity contribution < 1.29 is 10.2 Å². The molecule has 2 aromatic heterocycles. The van der Waals surface area contributed by atoms with E-state index < -0.39 is 0 Å². The Morgan fingerprint density at radius 3 is 1.41 bits per heavy atom. The number of phenols is 2. The zero-order valence-electron chi connectivity index (χ0n) is 16.9. The molecule has 0 amide bonds. The Kier molecular flexibility index (Phi) is 3.98. The molecule has 6 nitrogen and oxygen atoms in total. The number of rotatable bonds is 3. The molecule has 0 saturated carbocycles. The van der Waals surface area contributed by atoms with Crippen LogP contribution in [0.15, 0.2) is 84.9 Å². The van der Waals surface area contributed by atoms with Gasteiger partial charge in [0.15, 0.2) is 0 Å². The van der Waals surface area contributed by atoms with Crippen LogP contribution in [-0.4, -0.2) is 30.1 Å². The van der Waals surface area contributed by atoms with Gasteiger partial charge in [0.05, 0.1) is 33.2 Å². The molecule has 0 fully saturated rings. The van der Waals surface area contributed by atoms with E-state index in [1.807, 2.05) is 60.7 Å². The van der Waals surface area contributed by atoms with Gasteiger partial charge in [-0.3, -0.25) is 0 Å². The summed E-state index contributed by atoms with van der Waals surface area (Å²) in [6.07, 6.45) is 0. The van der Waals surface area contributed by atoms with Gasteiger partial charge in [-0.25, -0.2) is 9.97 Å². The summed E-state index contributed by atoms with van der Waals surface area (Å²) in [6.45, 7) is 0. The summed E-state index contributed by atoms with van der Waals surface area (Å²) >= 11 is 0. The molecule has 154 valence electrons. The van der Waals surface area contributed by atoms with Gasteiger partial charge in [-0.1, -0.05) is 36.4 Å². The van der Waals surface area contributed by atoms with Gasteiger partial charge in [-0.2, -0.15) is 0 Å². The molecule has 0 unspecified atom stereocenters. The first-order valence-corrected chi connectivity index (χ1v) is 10.2. The third kappa shape index (κ3) is 2.97. The van der Waals surface area contributed by atoms with Crippen molar-refractivity contribution in [1.82, 2.24) is 19.9 Å². The lowest BCUT2D eigenvalue weighted by Crippen LogP contribution is -1.80. The van der Waals surface area contributed by atoms with Gasteiger partial charge in [0, 0.05) is 0 Å². The van der Waals surface area contributed by atoms with Crippen molar-refractivity contribution in [2.45, 2.75) is 0 Å². The van der Waals surface area contributed by atoms with Gasteiger partial charge in [-0.15, -0.1) is 0 Å². The van der Waals surface area contributed by atoms with E-state index in [-0.39, 0.29) is 11.5 Å². The average molecular weight is 418 g/mol. The smallest absolute Gasteiger partial charge is 0.142 e. The summed E-state index contributed by atoms with van der Waals surface area (Å²) in [4.78, 5) is 15.9. The largest absolute Gasteiger partial charge is 0.507 e. The summed E-state index contributed by atoms with van der Waals surface area (Å²) < 4.78 is 0. The maximum atomic E-state index is 10.1. The van der Waals surface area contributed by atoms with Crippen LogP contribution in [0.3, 0.4) is 0 Å². The van der Waals surface area contributed by atoms with Gasteiger partial charge in [0.25, 0.3) is 0 Å². The second-order valence-corrected chi connectivity index (χ2v) is 7.67. The van der Waals surface area contributed by atoms with Crippen LogP contribution in [0.25, 0.3) is 56.0 Å². The minimum atomic E-state index is 0.191. The van der Waals surface area contributed by atoms with E-state index in [0.717, 1.165) is 33.2 Å². The first kappa shape index (κ1) is 18.2. The molecular formula is C26H18N4O2. The minimum absolute atomic E-state index is 0.191. The minimum Gasteiger partial charge on any atom is -0.507 e. The first-order chi connectivity index (χ1) is 15.7. The molecular weight excluding hydrogens is 400 g/mol. The van der Waals surface area contributed by atoms with Crippen LogP contribution >= 0.6 is 0 Å². The highest BCUT2D eigenvalue weighted by atomic mass is 16.3. The predicted molar refractivity (Wildman–Crippen MR) is 125 cm³/mol. The number of aromatic nitrogens is 4. The van der Waals surface area contributed by atoms with Gasteiger partial charge in [0.1, 0.15) is 23.1 Å². The molecule has 0 saturated heterocycles. The van der Waals surface area contributed by atoms with E-state index in [2.05, 4.69) is 19.9 Å². The number of imidazole rings is 2. The number of para-hydroxylation sites is 2. The van der Waals surface area contributed by atoms with Gasteiger partial charge in [-0.05, 0) is 59.7 Å². The third-order valence-corrected chi connectivity index (χ3v) is 5.62. The fourth-order valence-electron chi connectivity index (χ4n) is 3.98. The number of nitrogens with zero attached hydrogens (tertiary/aromatic N) is 2. The Balaban J connectivity index is 1.41. The number of H-pyrrole nitrogens is 2. The number of benzene rings is 4. The molecule has 0 radical (unpaired) electrons. The summed E-state index contributed by atoms with van der Waals surface area (Å²) in [5.74, 6) is 1.65. The molecule has 0 spiro atoms. The number of aromatic amines is 2. The van der Waals surface area contributed by atoms with Crippen molar-refractivity contribution in [1.29, 1.82) is 0 Å². The van der Waals surface area contributed by atoms with E-state index in [9.17, 15) is 10.2 Å². The topological polar surface area (TPSA) is 97.8 Å². The second-order valence-electron chi connectivity index (χ2n) is 7.67. The Hall–Kier alpha value is -4.58. The van der Waals surface area contributed by atoms with Crippen LogP contribution in [0.1, 0.15) is 0 Å². The van der Waals surface area contributed by atoms with Gasteiger partial charge >= 0.3 is 0 Å². The first-order valence-electron chi connectivity index (χ1n) is 10.2. The Morgan fingerprint density at radius 1 is 0.531 bits per heavy atom. The summed E-state index contributed by atoms with van der Waals surface area (Å²) in [5.41, 5.74) is 6.84. The predicted octanol–water partition coefficient (Wildman–Crippen LogP) is 5.85. The molecule has 0 aliphatic heterocycles. The van der Waals surface area contributed by atoms with E-state index in [4.69, 9.17) is 0 Å². The molecule has 0 aliphatic rings. The van der Waals surface area contributed by atoms with Crippen LogP contribution in [-0.2, 0) is 0 Å². The summed E-state index contributed by atoms with van der Waals surface area (Å²) in [7, 11) is 0. The Bertz CT molecular complexity index is 1490. The van der Waals surface area contributed by atoms with Crippen molar-refractivity contribution in [3.63, 3.8) is 0 Å². The van der Waals surface area contributed by atoms with E-state index >= 15 is 0 Å². The number of fused-ring (bicyclic) bond motifs is 2. The second kappa shape index (κ2) is 6.99. The number of hydrogen-bond acceptors (Lipinski definition) is 4. The summed E-state index contributed by atoms with van der Waals surface area (Å²) in [6, 6.07) is 26.4. The maximum absolute atomic E-state index is 10.1. The zero-order chi connectivity index (χ0) is 21.7. The monoisotopic (exact) mass is 418 g/mol. The zero-order valence-corrected chi connectivity index (χ0v) is 16.9. The van der Waals surface area contributed by atoms with E-state index in [1.54, 1.807) is 24.3 Å². The van der Waals surface area contributed by atoms with Crippen molar-refractivity contribution >= 4 is 22.1 Å². The molecule has 6 heteroatoms. The standard InChI is InChI=1S/C26H18N4O2/c31-23-7-3-1-5-17(23)25-27-19-11-9-15(13-21(19)29-25)16-10-12-20-22(14-16)30-26(28-20)18-6-2-4-8-24(18)32/h1-14,31-32H,(H,27,29)(H,28,30). The normalized spacial score (nSPS) is 11.4. The van der Waals surface area contributed by atoms with Crippen molar-refractivity contribution in [2.75, 3.05) is 0 Å². The molecule has 6 aromatic rings. The number of nitrogens with one attached hydrogen (secondary N) is 2. The van der Waals surface area contributed by atoms with Crippen molar-refractivity contribution in [3.05, 3.63) is 84.9 Å². The lowest BCUT2D eigenvalue weighted by molar-refractivity contribution is 0.476. The van der Waals surface area contributed by atoms with Crippen LogP contribution in [0.5, 0.6) is 11.5 Å². The van der Waals surface area contributed by atoms with Crippen LogP contribution in [0, 0.1) is 0 Å². The highest BCUT2D eigenvalue weighted by molar-refractivity contribution is 5.89. The highest BCUT2D eigenvalue weighted by Gasteiger charge is 2.12. The quantitative estimate of drug-likeness (QED) is 0.290. The van der Waals surface area contributed by atoms with E-state index in [0.29, 0.717) is 22.8 Å². The average Bonchev–Trinajstić information content (AvgIpc) is 3.42. The molecule has 0 bridgehead atoms. The number of phenolic OH excluding ortho intramolecular Hbond substituents is 2. The highest BCUT2D eigenvalue weighted by Crippen LogP contribution is 2.32. The lowest BCUT2D eigenvalue weighted by atomic mass is 10.0. The maximum Gasteiger partial charge on any atom is 0.142 e. The molecule has 2 heterocycles. The van der Waals surface area contributed by atoms with Gasteiger partial charge < -0.3 is 20.2 Å². The molecule has 4 N–H and O–H groups in total. The summed E-state index contributed by atoms with van der Waals surface area (Å²) in [5, 5.41) is 20.3. The molecule has 32 heavy (non-hydrogen) atoms.